The first-order chi connectivity index (χ1) is 15.3. The minimum absolute atomic E-state index is 0.0916. The minimum atomic E-state index is -0.502. The molecule has 2 aromatic rings. The van der Waals surface area contributed by atoms with Crippen molar-refractivity contribution in [1.29, 1.82) is 0 Å². The van der Waals surface area contributed by atoms with Gasteiger partial charge in [0, 0.05) is 32.5 Å². The number of amides is 1. The highest BCUT2D eigenvalue weighted by Gasteiger charge is 2.54. The van der Waals surface area contributed by atoms with Crippen LogP contribution >= 0.6 is 0 Å². The highest BCUT2D eigenvalue weighted by molar-refractivity contribution is 5.72. The second-order valence-corrected chi connectivity index (χ2v) is 9.56. The monoisotopic (exact) mass is 440 g/mol. The molecule has 1 spiro atoms. The van der Waals surface area contributed by atoms with Crippen LogP contribution in [0.4, 0.5) is 9.18 Å². The molecule has 5 nitrogen and oxygen atoms in total. The molecule has 2 aromatic carbocycles. The van der Waals surface area contributed by atoms with Gasteiger partial charge >= 0.3 is 6.09 Å². The first-order valence-electron chi connectivity index (χ1n) is 11.5. The van der Waals surface area contributed by atoms with Crippen LogP contribution in [-0.4, -0.2) is 54.3 Å². The minimum Gasteiger partial charge on any atom is -0.493 e. The Morgan fingerprint density at radius 1 is 1.06 bits per heavy atom. The lowest BCUT2D eigenvalue weighted by Crippen LogP contribution is -2.52. The Hall–Kier alpha value is -2.60. The topological polar surface area (TPSA) is 42.0 Å². The number of hydrogen-bond acceptors (Lipinski definition) is 4. The lowest BCUT2D eigenvalue weighted by atomic mass is 9.81. The van der Waals surface area contributed by atoms with E-state index in [1.807, 2.05) is 29.2 Å². The highest BCUT2D eigenvalue weighted by Crippen LogP contribution is 2.40. The Morgan fingerprint density at radius 2 is 1.69 bits per heavy atom. The van der Waals surface area contributed by atoms with Gasteiger partial charge in [-0.3, -0.25) is 4.90 Å². The maximum absolute atomic E-state index is 13.4. The van der Waals surface area contributed by atoms with Crippen LogP contribution in [0.1, 0.15) is 37.8 Å². The lowest BCUT2D eigenvalue weighted by molar-refractivity contribution is -0.0165. The molecule has 172 valence electrons. The molecule has 6 heteroatoms. The quantitative estimate of drug-likeness (QED) is 0.615. The Kier molecular flexibility index (Phi) is 6.70. The van der Waals surface area contributed by atoms with Gasteiger partial charge in [0.2, 0.25) is 0 Å². The van der Waals surface area contributed by atoms with Gasteiger partial charge in [0.05, 0.1) is 12.6 Å². The summed E-state index contributed by atoms with van der Waals surface area (Å²) in [6.07, 6.45) is 1.99. The molecule has 2 saturated heterocycles. The molecular weight excluding hydrogens is 407 g/mol. The second kappa shape index (κ2) is 9.49. The fourth-order valence-corrected chi connectivity index (χ4v) is 4.61. The van der Waals surface area contributed by atoms with Crippen LogP contribution in [0.15, 0.2) is 48.5 Å². The number of ether oxygens (including phenoxy) is 2. The van der Waals surface area contributed by atoms with Crippen LogP contribution < -0.4 is 4.74 Å². The van der Waals surface area contributed by atoms with Gasteiger partial charge in [-0.15, -0.1) is 0 Å². The zero-order valence-corrected chi connectivity index (χ0v) is 19.2. The zero-order valence-electron chi connectivity index (χ0n) is 19.2. The maximum Gasteiger partial charge on any atom is 0.411 e. The summed E-state index contributed by atoms with van der Waals surface area (Å²) in [5, 5.41) is 0. The molecule has 1 amide bonds. The lowest BCUT2D eigenvalue weighted by Gasteiger charge is -2.40. The van der Waals surface area contributed by atoms with Gasteiger partial charge in [0.25, 0.3) is 0 Å². The smallest absolute Gasteiger partial charge is 0.411 e. The van der Waals surface area contributed by atoms with Crippen molar-refractivity contribution in [2.45, 2.75) is 51.3 Å². The molecule has 0 unspecified atom stereocenters. The summed E-state index contributed by atoms with van der Waals surface area (Å²) in [5.41, 5.74) is 1.54. The molecule has 0 aromatic heterocycles. The molecular formula is C26H33FN2O3. The van der Waals surface area contributed by atoms with E-state index in [2.05, 4.69) is 25.8 Å². The molecule has 0 saturated carbocycles. The van der Waals surface area contributed by atoms with E-state index in [0.717, 1.165) is 42.8 Å². The van der Waals surface area contributed by atoms with Gasteiger partial charge in [0.15, 0.2) is 0 Å². The van der Waals surface area contributed by atoms with Crippen molar-refractivity contribution >= 4 is 6.09 Å². The van der Waals surface area contributed by atoms with Gasteiger partial charge in [-0.25, -0.2) is 9.18 Å². The third-order valence-corrected chi connectivity index (χ3v) is 6.54. The average Bonchev–Trinajstić information content (AvgIpc) is 3.02. The first-order valence-corrected chi connectivity index (χ1v) is 11.5. The maximum atomic E-state index is 13.4. The normalized spacial score (nSPS) is 20.7. The van der Waals surface area contributed by atoms with E-state index in [4.69, 9.17) is 9.47 Å². The number of carbonyl (C=O) groups excluding carboxylic acids is 1. The number of piperidine rings is 1. The number of hydrogen-bond donors (Lipinski definition) is 0. The van der Waals surface area contributed by atoms with Gasteiger partial charge in [0.1, 0.15) is 17.2 Å². The van der Waals surface area contributed by atoms with Gasteiger partial charge in [-0.2, -0.15) is 0 Å². The van der Waals surface area contributed by atoms with Crippen molar-refractivity contribution < 1.29 is 18.7 Å². The van der Waals surface area contributed by atoms with Crippen LogP contribution in [-0.2, 0) is 17.7 Å². The summed E-state index contributed by atoms with van der Waals surface area (Å²) in [5.74, 6) is 1.05. The second-order valence-electron chi connectivity index (χ2n) is 9.56. The molecule has 2 heterocycles. The predicted molar refractivity (Wildman–Crippen MR) is 122 cm³/mol. The van der Waals surface area contributed by atoms with Crippen molar-refractivity contribution in [2.75, 3.05) is 26.7 Å². The summed E-state index contributed by atoms with van der Waals surface area (Å²) in [6, 6.07) is 14.4. The van der Waals surface area contributed by atoms with Gasteiger partial charge in [-0.1, -0.05) is 38.1 Å². The molecule has 0 N–H and O–H groups in total. The summed E-state index contributed by atoms with van der Waals surface area (Å²) in [6.45, 7) is 7.17. The number of rotatable bonds is 7. The van der Waals surface area contributed by atoms with E-state index in [1.165, 1.54) is 12.1 Å². The summed E-state index contributed by atoms with van der Waals surface area (Å²) >= 11 is 0. The van der Waals surface area contributed by atoms with E-state index in [-0.39, 0.29) is 18.0 Å². The van der Waals surface area contributed by atoms with Crippen molar-refractivity contribution in [1.82, 2.24) is 9.80 Å². The van der Waals surface area contributed by atoms with Crippen LogP contribution in [0.3, 0.4) is 0 Å². The molecule has 0 aliphatic carbocycles. The predicted octanol–water partition coefficient (Wildman–Crippen LogP) is 4.89. The molecule has 2 aliphatic rings. The summed E-state index contributed by atoms with van der Waals surface area (Å²) in [7, 11) is 2.10. The molecule has 2 aliphatic heterocycles. The van der Waals surface area contributed by atoms with E-state index in [1.54, 1.807) is 12.1 Å². The van der Waals surface area contributed by atoms with Crippen molar-refractivity contribution in [2.24, 2.45) is 5.92 Å². The van der Waals surface area contributed by atoms with Crippen LogP contribution in [0.25, 0.3) is 0 Å². The summed E-state index contributed by atoms with van der Waals surface area (Å²) < 4.78 is 25.3. The van der Waals surface area contributed by atoms with Crippen LogP contribution in [0.5, 0.6) is 5.75 Å². The third kappa shape index (κ3) is 5.07. The average molecular weight is 441 g/mol. The molecule has 4 rings (SSSR count). The summed E-state index contributed by atoms with van der Waals surface area (Å²) in [4.78, 5) is 17.2. The van der Waals surface area contributed by atoms with Crippen LogP contribution in [0, 0.1) is 11.7 Å². The van der Waals surface area contributed by atoms with Crippen molar-refractivity contribution in [3.63, 3.8) is 0 Å². The fraction of sp³-hybridized carbons (Fsp3) is 0.500. The number of likely N-dealkylation sites (tertiary alicyclic amines) is 1. The Bertz CT molecular complexity index is 906. The molecule has 2 fully saturated rings. The van der Waals surface area contributed by atoms with Crippen LogP contribution in [0.2, 0.25) is 0 Å². The largest absolute Gasteiger partial charge is 0.493 e. The van der Waals surface area contributed by atoms with E-state index >= 15 is 0 Å². The van der Waals surface area contributed by atoms with Crippen molar-refractivity contribution in [3.8, 4) is 5.75 Å². The van der Waals surface area contributed by atoms with Crippen molar-refractivity contribution in [3.05, 3.63) is 65.5 Å². The van der Waals surface area contributed by atoms with E-state index < -0.39 is 5.60 Å². The number of nitrogens with zero attached hydrogens (tertiary/aromatic N) is 2. The first kappa shape index (κ1) is 22.6. The SMILES string of the molecule is CC(C)COc1ccc(CN2C(=O)OC3(CCN(C)CC3)[C@@H]2Cc2ccc(F)cc2)cc1. The highest BCUT2D eigenvalue weighted by atomic mass is 19.1. The molecule has 0 bridgehead atoms. The fourth-order valence-electron chi connectivity index (χ4n) is 4.61. The van der Waals surface area contributed by atoms with E-state index in [9.17, 15) is 9.18 Å². The Labute approximate surface area is 190 Å². The Balaban J connectivity index is 1.54. The molecule has 32 heavy (non-hydrogen) atoms. The van der Waals surface area contributed by atoms with Gasteiger partial charge in [-0.05, 0) is 54.8 Å². The number of halogens is 1. The number of carbonyl (C=O) groups is 1. The van der Waals surface area contributed by atoms with E-state index in [0.29, 0.717) is 25.5 Å². The molecule has 0 radical (unpaired) electrons. The number of benzene rings is 2. The third-order valence-electron chi connectivity index (χ3n) is 6.54. The zero-order chi connectivity index (χ0) is 22.7. The van der Waals surface area contributed by atoms with Gasteiger partial charge < -0.3 is 14.4 Å². The standard InChI is InChI=1S/C26H33FN2O3/c1-19(2)18-31-23-10-6-21(7-11-23)17-29-24(16-20-4-8-22(27)9-5-20)26(32-25(29)30)12-14-28(3)15-13-26/h4-11,19,24H,12-18H2,1-3H3/t24-/m0/s1. The Morgan fingerprint density at radius 3 is 2.31 bits per heavy atom. The molecule has 1 atom stereocenters.